The molecule has 112 valence electrons. The van der Waals surface area contributed by atoms with E-state index in [1.807, 2.05) is 0 Å². The van der Waals surface area contributed by atoms with Crippen molar-refractivity contribution in [1.82, 2.24) is 0 Å². The number of aliphatic hydroxyl groups excluding tert-OH is 2. The molecule has 0 aromatic rings. The van der Waals surface area contributed by atoms with Crippen LogP contribution in [-0.4, -0.2) is 44.9 Å². The predicted molar refractivity (Wildman–Crippen MR) is 65.4 cm³/mol. The van der Waals surface area contributed by atoms with Crippen LogP contribution >= 0.6 is 0 Å². The van der Waals surface area contributed by atoms with Crippen LogP contribution in [0.1, 0.15) is 26.2 Å². The van der Waals surface area contributed by atoms with Gasteiger partial charge in [0.15, 0.2) is 12.6 Å². The summed E-state index contributed by atoms with van der Waals surface area (Å²) < 4.78 is 4.86. The minimum atomic E-state index is -1.24. The maximum absolute atomic E-state index is 11.3. The summed E-state index contributed by atoms with van der Waals surface area (Å²) in [4.78, 5) is 22.4. The van der Waals surface area contributed by atoms with Gasteiger partial charge in [0.25, 0.3) is 0 Å². The van der Waals surface area contributed by atoms with Crippen molar-refractivity contribution in [3.05, 3.63) is 11.1 Å². The van der Waals surface area contributed by atoms with Gasteiger partial charge in [0, 0.05) is 17.9 Å². The topological polar surface area (TPSA) is 124 Å². The molecule has 1 heterocycles. The molecule has 1 saturated heterocycles. The van der Waals surface area contributed by atoms with Crippen LogP contribution in [0.3, 0.4) is 0 Å². The molecule has 5 atom stereocenters. The fourth-order valence-corrected chi connectivity index (χ4v) is 3.29. The molecule has 1 fully saturated rings. The van der Waals surface area contributed by atoms with Gasteiger partial charge in [-0.1, -0.05) is 6.92 Å². The molecule has 7 nitrogen and oxygen atoms in total. The Labute approximate surface area is 115 Å². The molecule has 1 aliphatic heterocycles. The van der Waals surface area contributed by atoms with Gasteiger partial charge in [0.1, 0.15) is 0 Å². The highest BCUT2D eigenvalue weighted by Gasteiger charge is 2.43. The average molecular weight is 286 g/mol. The first-order valence-electron chi connectivity index (χ1n) is 6.52. The number of carboxylic acid groups (broad SMARTS) is 2. The van der Waals surface area contributed by atoms with Crippen LogP contribution in [0.5, 0.6) is 0 Å². The first-order chi connectivity index (χ1) is 9.31. The Balaban J connectivity index is 2.26. The second-order valence-electron chi connectivity index (χ2n) is 5.48. The van der Waals surface area contributed by atoms with E-state index in [-0.39, 0.29) is 35.8 Å². The molecule has 2 rings (SSSR count). The summed E-state index contributed by atoms with van der Waals surface area (Å²) in [5, 5.41) is 37.4. The molecule has 0 spiro atoms. The third-order valence-electron chi connectivity index (χ3n) is 4.17. The van der Waals surface area contributed by atoms with E-state index < -0.39 is 30.4 Å². The Morgan fingerprint density at radius 3 is 2.25 bits per heavy atom. The van der Waals surface area contributed by atoms with Gasteiger partial charge in [-0.25, -0.2) is 9.59 Å². The predicted octanol–water partition coefficient (Wildman–Crippen LogP) is 0.172. The number of ether oxygens (including phenoxy) is 1. The van der Waals surface area contributed by atoms with Gasteiger partial charge >= 0.3 is 11.9 Å². The molecule has 20 heavy (non-hydrogen) atoms. The summed E-state index contributed by atoms with van der Waals surface area (Å²) in [6, 6.07) is 0. The second kappa shape index (κ2) is 5.51. The summed E-state index contributed by atoms with van der Waals surface area (Å²) in [6.45, 7) is 1.66. The number of hydrogen-bond donors (Lipinski definition) is 4. The van der Waals surface area contributed by atoms with Crippen molar-refractivity contribution in [2.75, 3.05) is 0 Å². The molecule has 1 aliphatic carbocycles. The molecule has 4 N–H and O–H groups in total. The normalized spacial score (nSPS) is 38.0. The summed E-state index contributed by atoms with van der Waals surface area (Å²) in [7, 11) is 0. The van der Waals surface area contributed by atoms with Crippen molar-refractivity contribution in [3.8, 4) is 0 Å². The number of aliphatic hydroxyl groups is 2. The highest BCUT2D eigenvalue weighted by Crippen LogP contribution is 2.42. The molecule has 0 aromatic carbocycles. The highest BCUT2D eigenvalue weighted by atomic mass is 16.7. The zero-order chi connectivity index (χ0) is 15.0. The third-order valence-corrected chi connectivity index (χ3v) is 4.17. The summed E-state index contributed by atoms with van der Waals surface area (Å²) in [6.07, 6.45) is -1.43. The number of rotatable bonds is 3. The van der Waals surface area contributed by atoms with E-state index in [9.17, 15) is 24.9 Å². The van der Waals surface area contributed by atoms with E-state index in [2.05, 4.69) is 0 Å². The molecular formula is C13H18O7. The maximum atomic E-state index is 11.3. The quantitative estimate of drug-likeness (QED) is 0.583. The van der Waals surface area contributed by atoms with Crippen molar-refractivity contribution in [1.29, 1.82) is 0 Å². The minimum absolute atomic E-state index is 0.0669. The monoisotopic (exact) mass is 286 g/mol. The molecule has 5 unspecified atom stereocenters. The Morgan fingerprint density at radius 2 is 1.80 bits per heavy atom. The van der Waals surface area contributed by atoms with Gasteiger partial charge in [0.2, 0.25) is 0 Å². The Morgan fingerprint density at radius 1 is 1.15 bits per heavy atom. The number of aliphatic carboxylic acids is 2. The van der Waals surface area contributed by atoms with Crippen LogP contribution in [-0.2, 0) is 14.3 Å². The van der Waals surface area contributed by atoms with Crippen LogP contribution in [0.2, 0.25) is 0 Å². The molecule has 0 amide bonds. The number of hydrogen-bond acceptors (Lipinski definition) is 5. The summed E-state index contributed by atoms with van der Waals surface area (Å²) in [5.41, 5.74) is -0.183. The lowest BCUT2D eigenvalue weighted by atomic mass is 9.71. The van der Waals surface area contributed by atoms with Crippen molar-refractivity contribution in [3.63, 3.8) is 0 Å². The second-order valence-corrected chi connectivity index (χ2v) is 5.48. The lowest BCUT2D eigenvalue weighted by Crippen LogP contribution is -2.32. The van der Waals surface area contributed by atoms with Crippen LogP contribution in [0, 0.1) is 17.8 Å². The van der Waals surface area contributed by atoms with Crippen LogP contribution < -0.4 is 0 Å². The first kappa shape index (κ1) is 15.0. The minimum Gasteiger partial charge on any atom is -0.478 e. The molecule has 0 radical (unpaired) electrons. The average Bonchev–Trinajstić information content (AvgIpc) is 2.66. The van der Waals surface area contributed by atoms with E-state index in [0.29, 0.717) is 6.42 Å². The fourth-order valence-electron chi connectivity index (χ4n) is 3.29. The smallest absolute Gasteiger partial charge is 0.332 e. The molecular weight excluding hydrogens is 268 g/mol. The Hall–Kier alpha value is -1.44. The van der Waals surface area contributed by atoms with Crippen molar-refractivity contribution in [2.24, 2.45) is 17.8 Å². The van der Waals surface area contributed by atoms with Crippen LogP contribution in [0.15, 0.2) is 11.1 Å². The zero-order valence-electron chi connectivity index (χ0n) is 11.0. The lowest BCUT2D eigenvalue weighted by Gasteiger charge is -2.32. The third kappa shape index (κ3) is 2.70. The highest BCUT2D eigenvalue weighted by molar-refractivity contribution is 5.99. The number of carbonyl (C=O) groups is 2. The van der Waals surface area contributed by atoms with E-state index >= 15 is 0 Å². The van der Waals surface area contributed by atoms with Crippen molar-refractivity contribution < 1.29 is 34.8 Å². The summed E-state index contributed by atoms with van der Waals surface area (Å²) in [5.74, 6) is -3.46. The Kier molecular flexibility index (Phi) is 4.12. The van der Waals surface area contributed by atoms with E-state index in [4.69, 9.17) is 9.84 Å². The van der Waals surface area contributed by atoms with Gasteiger partial charge < -0.3 is 25.2 Å². The standard InChI is InChI=1S/C13H18O7/c1-5-2-6(7-4-9(14)20-13(7)19)3-8(11(15)16)10(5)12(17)18/h5-7,9,13-14,19H,2-4H2,1H3,(H,15,16)(H,17,18). The van der Waals surface area contributed by atoms with Gasteiger partial charge in [-0.3, -0.25) is 0 Å². The molecule has 2 aliphatic rings. The van der Waals surface area contributed by atoms with Gasteiger partial charge in [0.05, 0.1) is 5.57 Å². The SMILES string of the molecule is CC1CC(C2CC(O)OC2O)CC(C(=O)O)=C1C(=O)O. The fraction of sp³-hybridized carbons (Fsp3) is 0.692. The van der Waals surface area contributed by atoms with Crippen LogP contribution in [0.25, 0.3) is 0 Å². The largest absolute Gasteiger partial charge is 0.478 e. The van der Waals surface area contributed by atoms with Crippen molar-refractivity contribution in [2.45, 2.75) is 38.8 Å². The van der Waals surface area contributed by atoms with Gasteiger partial charge in [-0.05, 0) is 24.7 Å². The Bertz CT molecular complexity index is 456. The van der Waals surface area contributed by atoms with E-state index in [1.54, 1.807) is 6.92 Å². The van der Waals surface area contributed by atoms with Gasteiger partial charge in [-0.2, -0.15) is 0 Å². The van der Waals surface area contributed by atoms with E-state index in [1.165, 1.54) is 0 Å². The van der Waals surface area contributed by atoms with Gasteiger partial charge in [-0.15, -0.1) is 0 Å². The molecule has 0 saturated carbocycles. The van der Waals surface area contributed by atoms with E-state index in [0.717, 1.165) is 0 Å². The maximum Gasteiger partial charge on any atom is 0.332 e. The molecule has 7 heteroatoms. The molecule has 0 bridgehead atoms. The van der Waals surface area contributed by atoms with Crippen LogP contribution in [0.4, 0.5) is 0 Å². The van der Waals surface area contributed by atoms with Crippen molar-refractivity contribution >= 4 is 11.9 Å². The number of carboxylic acids is 2. The first-order valence-corrected chi connectivity index (χ1v) is 6.52. The summed E-state index contributed by atoms with van der Waals surface area (Å²) >= 11 is 0. The molecule has 0 aromatic heterocycles. The lowest BCUT2D eigenvalue weighted by molar-refractivity contribution is -0.172. The zero-order valence-corrected chi connectivity index (χ0v) is 11.0.